The number of rotatable bonds is 20. The van der Waals surface area contributed by atoms with Crippen LogP contribution in [0, 0.1) is 21.7 Å². The monoisotopic (exact) mass is 798 g/mol. The summed E-state index contributed by atoms with van der Waals surface area (Å²) in [5.41, 5.74) is -1.34. The molecule has 4 amide bonds. The summed E-state index contributed by atoms with van der Waals surface area (Å²) in [4.78, 5) is 49.1. The van der Waals surface area contributed by atoms with Gasteiger partial charge in [0.2, 0.25) is 0 Å². The molecule has 2 saturated carbocycles. The normalized spacial score (nSPS) is 24.9. The number of hydrogen-bond donors (Lipinski definition) is 4. The highest BCUT2D eigenvalue weighted by Crippen LogP contribution is 2.47. The minimum absolute atomic E-state index is 0.243. The first kappa shape index (κ1) is 47.9. The van der Waals surface area contributed by atoms with Crippen molar-refractivity contribution in [2.24, 2.45) is 21.7 Å². The molecule has 0 aromatic rings. The van der Waals surface area contributed by atoms with Crippen molar-refractivity contribution >= 4 is 24.4 Å². The molecule has 0 aliphatic heterocycles. The van der Waals surface area contributed by atoms with Crippen LogP contribution in [0.2, 0.25) is 0 Å². The van der Waals surface area contributed by atoms with E-state index in [1.165, 1.54) is 0 Å². The Kier molecular flexibility index (Phi) is 18.1. The molecule has 0 aromatic heterocycles. The second kappa shape index (κ2) is 20.8. The van der Waals surface area contributed by atoms with E-state index < -0.39 is 85.6 Å². The zero-order valence-corrected chi connectivity index (χ0v) is 34.1. The number of nitrogens with one attached hydrogen (secondary N) is 4. The van der Waals surface area contributed by atoms with Crippen LogP contribution in [-0.2, 0) is 23.7 Å². The molecule has 320 valence electrons. The molecule has 0 bridgehead atoms. The van der Waals surface area contributed by atoms with E-state index in [9.17, 15) is 36.7 Å². The average molecular weight is 799 g/mol. The summed E-state index contributed by atoms with van der Waals surface area (Å²) in [7, 11) is 0. The third-order valence-electron chi connectivity index (χ3n) is 9.88. The predicted molar refractivity (Wildman–Crippen MR) is 197 cm³/mol. The number of halogens is 4. The third-order valence-corrected chi connectivity index (χ3v) is 9.88. The van der Waals surface area contributed by atoms with Gasteiger partial charge >= 0.3 is 30.5 Å². The summed E-state index contributed by atoms with van der Waals surface area (Å²) >= 11 is 0. The minimum atomic E-state index is -4.06. The van der Waals surface area contributed by atoms with Gasteiger partial charge in [0.15, 0.2) is 13.2 Å². The second-order valence-electron chi connectivity index (χ2n) is 17.7. The van der Waals surface area contributed by atoms with Crippen molar-refractivity contribution in [3.8, 4) is 0 Å². The summed E-state index contributed by atoms with van der Waals surface area (Å²) in [5.74, 6) is -3.68. The zero-order valence-electron chi connectivity index (χ0n) is 34.1. The van der Waals surface area contributed by atoms with Gasteiger partial charge in [-0.15, -0.1) is 0 Å². The Morgan fingerprint density at radius 3 is 1.44 bits per heavy atom. The van der Waals surface area contributed by atoms with Gasteiger partial charge in [0.25, 0.3) is 5.92 Å². The number of unbranched alkanes of at least 4 members (excludes halogenated alkanes) is 2. The lowest BCUT2D eigenvalue weighted by Crippen LogP contribution is -2.50. The van der Waals surface area contributed by atoms with Gasteiger partial charge in [0.1, 0.15) is 0 Å². The maximum atomic E-state index is 14.5. The fraction of sp³-hybridized carbons (Fsp3) is 0.895. The maximum Gasteiger partial charge on any atom is 0.407 e. The summed E-state index contributed by atoms with van der Waals surface area (Å²) in [6, 6.07) is -0.870. The van der Waals surface area contributed by atoms with Gasteiger partial charge in [0, 0.05) is 31.6 Å². The van der Waals surface area contributed by atoms with Crippen LogP contribution in [0.3, 0.4) is 0 Å². The smallest absolute Gasteiger partial charge is 0.407 e. The van der Waals surface area contributed by atoms with E-state index in [1.54, 1.807) is 0 Å². The number of hydrogen-bond acceptors (Lipinski definition) is 9. The van der Waals surface area contributed by atoms with Crippen LogP contribution in [-0.4, -0.2) is 94.6 Å². The van der Waals surface area contributed by atoms with Gasteiger partial charge < -0.3 is 45.0 Å². The molecular formula is C38H66F4N4O9. The Labute approximate surface area is 323 Å². The van der Waals surface area contributed by atoms with Crippen LogP contribution in [0.5, 0.6) is 0 Å². The molecular weight excluding hydrogens is 732 g/mol. The molecule has 2 fully saturated rings. The zero-order chi connectivity index (χ0) is 41.6. The van der Waals surface area contributed by atoms with Crippen molar-refractivity contribution in [2.75, 3.05) is 46.1 Å². The first-order chi connectivity index (χ1) is 25.4. The Morgan fingerprint density at radius 1 is 0.600 bits per heavy atom. The molecule has 0 saturated heterocycles. The first-order valence-corrected chi connectivity index (χ1v) is 19.5. The number of ether oxygens (including phenoxy) is 5. The van der Waals surface area contributed by atoms with Gasteiger partial charge in [-0.05, 0) is 73.0 Å². The molecule has 4 unspecified atom stereocenters. The fourth-order valence-corrected chi connectivity index (χ4v) is 8.23. The first-order valence-electron chi connectivity index (χ1n) is 19.5. The second-order valence-corrected chi connectivity index (χ2v) is 17.7. The topological polar surface area (TPSA) is 163 Å². The highest BCUT2D eigenvalue weighted by Gasteiger charge is 2.44. The van der Waals surface area contributed by atoms with Gasteiger partial charge in [-0.3, -0.25) is 0 Å². The highest BCUT2D eigenvalue weighted by molar-refractivity contribution is 5.68. The Bertz CT molecular complexity index is 1170. The van der Waals surface area contributed by atoms with Crippen LogP contribution in [0.15, 0.2) is 0 Å². The molecule has 0 spiro atoms. The number of carbonyl (C=O) groups is 4. The Balaban J connectivity index is 1.76. The van der Waals surface area contributed by atoms with Crippen LogP contribution >= 0.6 is 0 Å². The lowest BCUT2D eigenvalue weighted by atomic mass is 9.62. The van der Waals surface area contributed by atoms with Crippen LogP contribution in [0.1, 0.15) is 126 Å². The third kappa shape index (κ3) is 19.5. The number of amides is 4. The van der Waals surface area contributed by atoms with E-state index in [0.717, 1.165) is 38.5 Å². The van der Waals surface area contributed by atoms with Gasteiger partial charge in [-0.25, -0.2) is 28.0 Å². The molecule has 4 atom stereocenters. The SMILES string of the molecule is CCCCOC(=O)NCC1(C)CC(NC(=O)OCC(F)(F)CCOC(F)(F)COC(=O)NC2CC(C)(C)CC(C)(CNC(=O)OCCCC)C2)CC(C)(C)C1. The number of alkyl carbamates (subject to hydrolysis) is 4. The van der Waals surface area contributed by atoms with Crippen molar-refractivity contribution < 1.29 is 60.4 Å². The van der Waals surface area contributed by atoms with Crippen molar-refractivity contribution in [1.29, 1.82) is 0 Å². The quantitative estimate of drug-likeness (QED) is 0.0539. The lowest BCUT2D eigenvalue weighted by Gasteiger charge is -2.46. The predicted octanol–water partition coefficient (Wildman–Crippen LogP) is 8.30. The molecule has 0 heterocycles. The van der Waals surface area contributed by atoms with Gasteiger partial charge in [-0.1, -0.05) is 68.2 Å². The van der Waals surface area contributed by atoms with Crippen molar-refractivity contribution in [2.45, 2.75) is 150 Å². The van der Waals surface area contributed by atoms with Crippen molar-refractivity contribution in [3.05, 3.63) is 0 Å². The molecule has 2 aliphatic carbocycles. The molecule has 13 nitrogen and oxygen atoms in total. The van der Waals surface area contributed by atoms with Gasteiger partial charge in [-0.2, -0.15) is 8.78 Å². The van der Waals surface area contributed by atoms with E-state index in [1.807, 2.05) is 55.4 Å². The molecule has 17 heteroatoms. The van der Waals surface area contributed by atoms with E-state index in [4.69, 9.17) is 18.9 Å². The summed E-state index contributed by atoms with van der Waals surface area (Å²) in [6.45, 7) is 13.1. The Hall–Kier alpha value is -3.24. The standard InChI is InChI=1S/C38H66F4N4O9/c1-9-11-14-51-29(47)43-23-35(7)19-27(17-33(3,4)21-35)45-31(49)53-25-37(39,40)13-16-55-38(41,42)26-54-32(50)46-28-18-34(5,6)22-36(8,20-28)24-44-30(48)52-15-12-10-2/h27-28H,9-26H2,1-8H3,(H,43,47)(H,44,48)(H,45,49)(H,46,50). The molecule has 2 rings (SSSR count). The minimum Gasteiger partial charge on any atom is -0.450 e. The van der Waals surface area contributed by atoms with E-state index in [-0.39, 0.29) is 17.4 Å². The van der Waals surface area contributed by atoms with E-state index in [2.05, 4.69) is 26.0 Å². The van der Waals surface area contributed by atoms with Crippen LogP contribution < -0.4 is 21.3 Å². The largest absolute Gasteiger partial charge is 0.450 e. The lowest BCUT2D eigenvalue weighted by molar-refractivity contribution is -0.262. The van der Waals surface area contributed by atoms with E-state index >= 15 is 0 Å². The fourth-order valence-electron chi connectivity index (χ4n) is 8.23. The summed E-state index contributed by atoms with van der Waals surface area (Å²) < 4.78 is 82.0. The maximum absolute atomic E-state index is 14.5. The number of alkyl halides is 4. The van der Waals surface area contributed by atoms with Crippen molar-refractivity contribution in [3.63, 3.8) is 0 Å². The van der Waals surface area contributed by atoms with Gasteiger partial charge in [0.05, 0.1) is 19.8 Å². The summed E-state index contributed by atoms with van der Waals surface area (Å²) in [5, 5.41) is 10.8. The molecule has 0 aromatic carbocycles. The van der Waals surface area contributed by atoms with Crippen LogP contribution in [0.4, 0.5) is 36.7 Å². The highest BCUT2D eigenvalue weighted by atomic mass is 19.3. The van der Waals surface area contributed by atoms with Crippen molar-refractivity contribution in [1.82, 2.24) is 21.3 Å². The molecule has 0 radical (unpaired) electrons. The molecule has 4 N–H and O–H groups in total. The summed E-state index contributed by atoms with van der Waals surface area (Å²) in [6.07, 6.45) is -1.80. The average Bonchev–Trinajstić information content (AvgIpc) is 3.03. The molecule has 55 heavy (non-hydrogen) atoms. The molecule has 2 aliphatic rings. The van der Waals surface area contributed by atoms with Crippen LogP contribution in [0.25, 0.3) is 0 Å². The van der Waals surface area contributed by atoms with E-state index in [0.29, 0.717) is 45.4 Å². The number of carbonyl (C=O) groups excluding carboxylic acids is 4. The Morgan fingerprint density at radius 2 is 1.02 bits per heavy atom.